The van der Waals surface area contributed by atoms with E-state index in [1.165, 1.54) is 12.3 Å². The smallest absolute Gasteiger partial charge is 0.177 e. The van der Waals surface area contributed by atoms with E-state index in [2.05, 4.69) is 19.8 Å². The maximum Gasteiger partial charge on any atom is 0.177 e. The predicted molar refractivity (Wildman–Crippen MR) is 90.6 cm³/mol. The van der Waals surface area contributed by atoms with Crippen molar-refractivity contribution in [3.05, 3.63) is 41.4 Å². The van der Waals surface area contributed by atoms with Gasteiger partial charge in [-0.05, 0) is 18.2 Å². The summed E-state index contributed by atoms with van der Waals surface area (Å²) in [5.41, 5.74) is 0.731. The first-order chi connectivity index (χ1) is 10.9. The number of anilines is 1. The Morgan fingerprint density at radius 2 is 2.00 bits per heavy atom. The lowest BCUT2D eigenvalue weighted by atomic mass is 10.2. The van der Waals surface area contributed by atoms with Crippen molar-refractivity contribution < 1.29 is 8.42 Å². The predicted octanol–water partition coefficient (Wildman–Crippen LogP) is 1.79. The number of aromatic nitrogens is 2. The molecule has 0 amide bonds. The molecular formula is C15H19ClN4O2S. The summed E-state index contributed by atoms with van der Waals surface area (Å²) in [5.74, 6) is 0.946. The number of nitrogens with zero attached hydrogens (tertiary/aromatic N) is 3. The largest absolute Gasteiger partial charge is 0.368 e. The highest BCUT2D eigenvalue weighted by molar-refractivity contribution is 7.90. The van der Waals surface area contributed by atoms with Gasteiger partial charge in [-0.3, -0.25) is 4.90 Å². The summed E-state index contributed by atoms with van der Waals surface area (Å²) in [6, 6.07) is 5.06. The van der Waals surface area contributed by atoms with Crippen LogP contribution in [0.3, 0.4) is 0 Å². The number of benzene rings is 1. The van der Waals surface area contributed by atoms with Crippen LogP contribution < -0.4 is 4.90 Å². The molecular weight excluding hydrogens is 336 g/mol. The number of H-pyrrole nitrogens is 1. The Morgan fingerprint density at radius 1 is 1.26 bits per heavy atom. The first-order valence-electron chi connectivity index (χ1n) is 7.38. The van der Waals surface area contributed by atoms with E-state index in [-0.39, 0.29) is 0 Å². The molecule has 1 N–H and O–H groups in total. The van der Waals surface area contributed by atoms with Gasteiger partial charge in [0.15, 0.2) is 9.84 Å². The molecule has 1 aliphatic rings. The van der Waals surface area contributed by atoms with Crippen LogP contribution in [0.4, 0.5) is 5.69 Å². The van der Waals surface area contributed by atoms with Crippen molar-refractivity contribution in [2.24, 2.45) is 0 Å². The Hall–Kier alpha value is -1.57. The molecule has 0 saturated carbocycles. The minimum atomic E-state index is -3.31. The zero-order chi connectivity index (χ0) is 16.4. The molecule has 1 aliphatic heterocycles. The monoisotopic (exact) mass is 354 g/mol. The van der Waals surface area contributed by atoms with Crippen LogP contribution in [0.25, 0.3) is 0 Å². The Morgan fingerprint density at radius 3 is 2.61 bits per heavy atom. The Bertz CT molecular complexity index is 769. The minimum absolute atomic E-state index is 0.296. The first kappa shape index (κ1) is 16.3. The number of nitrogens with one attached hydrogen (secondary N) is 1. The van der Waals surface area contributed by atoms with Crippen molar-refractivity contribution in [3.63, 3.8) is 0 Å². The van der Waals surface area contributed by atoms with Gasteiger partial charge in [0.2, 0.25) is 0 Å². The summed E-state index contributed by atoms with van der Waals surface area (Å²) < 4.78 is 24.0. The van der Waals surface area contributed by atoms with Crippen molar-refractivity contribution in [2.75, 3.05) is 37.3 Å². The Labute approximate surface area is 141 Å². The van der Waals surface area contributed by atoms with E-state index in [0.717, 1.165) is 44.2 Å². The van der Waals surface area contributed by atoms with Gasteiger partial charge in [-0.25, -0.2) is 13.4 Å². The molecule has 23 heavy (non-hydrogen) atoms. The topological polar surface area (TPSA) is 69.3 Å². The van der Waals surface area contributed by atoms with Gasteiger partial charge in [0.1, 0.15) is 5.82 Å². The van der Waals surface area contributed by atoms with Crippen molar-refractivity contribution in [1.82, 2.24) is 14.9 Å². The SMILES string of the molecule is CS(=O)(=O)c1cc(Cl)ccc1N1CCN(Cc2ncc[nH]2)CC1. The maximum atomic E-state index is 12.0. The second-order valence-electron chi connectivity index (χ2n) is 5.68. The van der Waals surface area contributed by atoms with Crippen LogP contribution >= 0.6 is 11.6 Å². The molecule has 1 saturated heterocycles. The highest BCUT2D eigenvalue weighted by Gasteiger charge is 2.23. The van der Waals surface area contributed by atoms with Crippen molar-refractivity contribution >= 4 is 27.1 Å². The average molecular weight is 355 g/mol. The molecule has 0 aliphatic carbocycles. The number of imidazole rings is 1. The zero-order valence-corrected chi connectivity index (χ0v) is 14.4. The molecule has 0 spiro atoms. The van der Waals surface area contributed by atoms with Crippen LogP contribution in [-0.2, 0) is 16.4 Å². The van der Waals surface area contributed by atoms with Crippen molar-refractivity contribution in [2.45, 2.75) is 11.4 Å². The quantitative estimate of drug-likeness (QED) is 0.906. The summed E-state index contributed by atoms with van der Waals surface area (Å²) in [4.78, 5) is 12.0. The van der Waals surface area contributed by atoms with Gasteiger partial charge in [0.25, 0.3) is 0 Å². The number of aromatic amines is 1. The molecule has 2 heterocycles. The summed E-state index contributed by atoms with van der Waals surface area (Å²) in [6.45, 7) is 4.02. The summed E-state index contributed by atoms with van der Waals surface area (Å²) in [7, 11) is -3.31. The summed E-state index contributed by atoms with van der Waals surface area (Å²) >= 11 is 5.96. The number of rotatable bonds is 4. The number of halogens is 1. The molecule has 2 aromatic rings. The molecule has 124 valence electrons. The molecule has 0 radical (unpaired) electrons. The molecule has 1 aromatic heterocycles. The maximum absolute atomic E-state index is 12.0. The highest BCUT2D eigenvalue weighted by Crippen LogP contribution is 2.29. The zero-order valence-electron chi connectivity index (χ0n) is 12.9. The fourth-order valence-electron chi connectivity index (χ4n) is 2.79. The fraction of sp³-hybridized carbons (Fsp3) is 0.400. The van der Waals surface area contributed by atoms with E-state index in [4.69, 9.17) is 11.6 Å². The fourth-order valence-corrected chi connectivity index (χ4v) is 3.94. The molecule has 0 unspecified atom stereocenters. The lowest BCUT2D eigenvalue weighted by Gasteiger charge is -2.36. The summed E-state index contributed by atoms with van der Waals surface area (Å²) in [5, 5.41) is 0.436. The summed E-state index contributed by atoms with van der Waals surface area (Å²) in [6.07, 6.45) is 4.78. The molecule has 1 fully saturated rings. The third-order valence-corrected chi connectivity index (χ3v) is 5.32. The second-order valence-corrected chi connectivity index (χ2v) is 8.10. The second kappa shape index (κ2) is 6.51. The van der Waals surface area contributed by atoms with Gasteiger partial charge >= 0.3 is 0 Å². The molecule has 3 rings (SSSR count). The normalized spacial score (nSPS) is 16.7. The molecule has 1 aromatic carbocycles. The number of hydrogen-bond donors (Lipinski definition) is 1. The van der Waals surface area contributed by atoms with E-state index in [1.807, 2.05) is 6.20 Å². The van der Waals surface area contributed by atoms with Gasteiger partial charge in [0, 0.05) is 49.9 Å². The van der Waals surface area contributed by atoms with E-state index >= 15 is 0 Å². The van der Waals surface area contributed by atoms with E-state index in [0.29, 0.717) is 9.92 Å². The third-order valence-electron chi connectivity index (χ3n) is 3.96. The van der Waals surface area contributed by atoms with Gasteiger partial charge in [-0.2, -0.15) is 0 Å². The lowest BCUT2D eigenvalue weighted by Crippen LogP contribution is -2.46. The molecule has 6 nitrogen and oxygen atoms in total. The van der Waals surface area contributed by atoms with Crippen LogP contribution in [0.1, 0.15) is 5.82 Å². The van der Waals surface area contributed by atoms with Crippen LogP contribution in [0.5, 0.6) is 0 Å². The van der Waals surface area contributed by atoms with Crippen LogP contribution in [0, 0.1) is 0 Å². The van der Waals surface area contributed by atoms with Crippen molar-refractivity contribution in [1.29, 1.82) is 0 Å². The van der Waals surface area contributed by atoms with Crippen LogP contribution in [0.2, 0.25) is 5.02 Å². The van der Waals surface area contributed by atoms with Crippen molar-refractivity contribution in [3.8, 4) is 0 Å². The van der Waals surface area contributed by atoms with E-state index in [9.17, 15) is 8.42 Å². The third kappa shape index (κ3) is 3.85. The van der Waals surface area contributed by atoms with Crippen LogP contribution in [0.15, 0.2) is 35.5 Å². The molecule has 8 heteroatoms. The standard InChI is InChI=1S/C15H19ClN4O2S/c1-23(21,22)14-10-12(16)2-3-13(14)20-8-6-19(7-9-20)11-15-17-4-5-18-15/h2-5,10H,6-9,11H2,1H3,(H,17,18). The minimum Gasteiger partial charge on any atom is -0.368 e. The number of hydrogen-bond acceptors (Lipinski definition) is 5. The van der Waals surface area contributed by atoms with E-state index < -0.39 is 9.84 Å². The first-order valence-corrected chi connectivity index (χ1v) is 9.65. The van der Waals surface area contributed by atoms with Gasteiger partial charge in [-0.1, -0.05) is 11.6 Å². The van der Waals surface area contributed by atoms with Crippen LogP contribution in [-0.4, -0.2) is 55.7 Å². The highest BCUT2D eigenvalue weighted by atomic mass is 35.5. The molecule has 0 bridgehead atoms. The lowest BCUT2D eigenvalue weighted by molar-refractivity contribution is 0.244. The Kier molecular flexibility index (Phi) is 4.61. The van der Waals surface area contributed by atoms with E-state index in [1.54, 1.807) is 18.3 Å². The van der Waals surface area contributed by atoms with Gasteiger partial charge in [-0.15, -0.1) is 0 Å². The number of piperazine rings is 1. The van der Waals surface area contributed by atoms with Gasteiger partial charge < -0.3 is 9.88 Å². The number of sulfone groups is 1. The average Bonchev–Trinajstić information content (AvgIpc) is 3.00. The Balaban J connectivity index is 1.73. The molecule has 0 atom stereocenters. The van der Waals surface area contributed by atoms with Gasteiger partial charge in [0.05, 0.1) is 17.1 Å².